The zero-order chi connectivity index (χ0) is 15.4. The molecule has 0 N–H and O–H groups in total. The van der Waals surface area contributed by atoms with Crippen LogP contribution in [0.1, 0.15) is 31.4 Å². The average molecular weight is 304 g/mol. The molecule has 0 radical (unpaired) electrons. The van der Waals surface area contributed by atoms with Gasteiger partial charge in [-0.25, -0.2) is 0 Å². The molecule has 0 spiro atoms. The van der Waals surface area contributed by atoms with Gasteiger partial charge in [-0.3, -0.25) is 4.79 Å². The third-order valence-electron chi connectivity index (χ3n) is 4.38. The number of nitrogens with zero attached hydrogens (tertiary/aromatic N) is 4. The van der Waals surface area contributed by atoms with Gasteiger partial charge in [0.05, 0.1) is 18.2 Å². The highest BCUT2D eigenvalue weighted by molar-refractivity contribution is 5.76. The van der Waals surface area contributed by atoms with Crippen LogP contribution in [0, 0.1) is 6.92 Å². The number of amides is 1. The number of ether oxygens (including phenoxy) is 1. The zero-order valence-corrected chi connectivity index (χ0v) is 13.2. The van der Waals surface area contributed by atoms with Crippen molar-refractivity contribution in [3.05, 3.63) is 17.8 Å². The molecule has 2 fully saturated rings. The van der Waals surface area contributed by atoms with Crippen LogP contribution in [-0.2, 0) is 9.53 Å². The minimum Gasteiger partial charge on any atom is -0.378 e. The van der Waals surface area contributed by atoms with E-state index in [4.69, 9.17) is 4.74 Å². The summed E-state index contributed by atoms with van der Waals surface area (Å²) in [6.07, 6.45) is 3.73. The van der Waals surface area contributed by atoms with Crippen LogP contribution in [0.15, 0.2) is 12.1 Å². The van der Waals surface area contributed by atoms with Crippen molar-refractivity contribution in [1.82, 2.24) is 15.1 Å². The molecule has 0 aliphatic carbocycles. The van der Waals surface area contributed by atoms with E-state index in [-0.39, 0.29) is 12.0 Å². The minimum absolute atomic E-state index is 0.134. The van der Waals surface area contributed by atoms with Crippen LogP contribution >= 0.6 is 0 Å². The van der Waals surface area contributed by atoms with E-state index in [1.165, 1.54) is 0 Å². The Morgan fingerprint density at radius 1 is 1.23 bits per heavy atom. The molecule has 2 aliphatic rings. The predicted molar refractivity (Wildman–Crippen MR) is 83.8 cm³/mol. The molecule has 2 saturated heterocycles. The van der Waals surface area contributed by atoms with E-state index in [1.807, 2.05) is 24.0 Å². The molecule has 0 saturated carbocycles. The fourth-order valence-electron chi connectivity index (χ4n) is 3.09. The van der Waals surface area contributed by atoms with Crippen LogP contribution in [0.25, 0.3) is 0 Å². The first kappa shape index (κ1) is 15.2. The highest BCUT2D eigenvalue weighted by Gasteiger charge is 2.24. The second-order valence-corrected chi connectivity index (χ2v) is 6.09. The number of carbonyl (C=O) groups excluding carboxylic acids is 1. The van der Waals surface area contributed by atoms with Crippen LogP contribution in [0.3, 0.4) is 0 Å². The Kier molecular flexibility index (Phi) is 4.87. The summed E-state index contributed by atoms with van der Waals surface area (Å²) in [4.78, 5) is 16.6. The van der Waals surface area contributed by atoms with Gasteiger partial charge in [-0.15, -0.1) is 5.10 Å². The van der Waals surface area contributed by atoms with Crippen LogP contribution < -0.4 is 4.90 Å². The fraction of sp³-hybridized carbons (Fsp3) is 0.688. The van der Waals surface area contributed by atoms with Gasteiger partial charge in [-0.2, -0.15) is 5.10 Å². The molecule has 0 unspecified atom stereocenters. The van der Waals surface area contributed by atoms with Crippen molar-refractivity contribution < 1.29 is 9.53 Å². The van der Waals surface area contributed by atoms with E-state index in [0.29, 0.717) is 6.42 Å². The van der Waals surface area contributed by atoms with Gasteiger partial charge in [0, 0.05) is 32.8 Å². The average Bonchev–Trinajstić information content (AvgIpc) is 2.90. The number of carbonyl (C=O) groups is 1. The predicted octanol–water partition coefficient (Wildman–Crippen LogP) is 1.39. The Morgan fingerprint density at radius 2 is 2.14 bits per heavy atom. The SMILES string of the molecule is Cc1ccc(N2CCCN(C(=O)C[C@H]3CCCO3)CC2)nn1. The molecular weight excluding hydrogens is 280 g/mol. The van der Waals surface area contributed by atoms with Crippen LogP contribution in [0.4, 0.5) is 5.82 Å². The molecule has 120 valence electrons. The summed E-state index contributed by atoms with van der Waals surface area (Å²) < 4.78 is 5.57. The van der Waals surface area contributed by atoms with Crippen molar-refractivity contribution in [3.8, 4) is 0 Å². The zero-order valence-electron chi connectivity index (χ0n) is 13.2. The Hall–Kier alpha value is -1.69. The first-order valence-electron chi connectivity index (χ1n) is 8.17. The molecule has 3 heterocycles. The summed E-state index contributed by atoms with van der Waals surface area (Å²) in [7, 11) is 0. The maximum atomic E-state index is 12.4. The highest BCUT2D eigenvalue weighted by atomic mass is 16.5. The number of hydrogen-bond donors (Lipinski definition) is 0. The van der Waals surface area contributed by atoms with E-state index < -0.39 is 0 Å². The van der Waals surface area contributed by atoms with Crippen LogP contribution in [0.2, 0.25) is 0 Å². The second-order valence-electron chi connectivity index (χ2n) is 6.09. The summed E-state index contributed by atoms with van der Waals surface area (Å²) in [6, 6.07) is 3.99. The third kappa shape index (κ3) is 3.74. The van der Waals surface area contributed by atoms with Crippen molar-refractivity contribution in [1.29, 1.82) is 0 Å². The maximum absolute atomic E-state index is 12.4. The lowest BCUT2D eigenvalue weighted by atomic mass is 10.1. The number of rotatable bonds is 3. The Balaban J connectivity index is 1.54. The molecular formula is C16H24N4O2. The molecule has 6 nitrogen and oxygen atoms in total. The quantitative estimate of drug-likeness (QED) is 0.844. The van der Waals surface area contributed by atoms with Gasteiger partial charge >= 0.3 is 0 Å². The molecule has 2 aliphatic heterocycles. The molecule has 1 aromatic heterocycles. The Labute approximate surface area is 131 Å². The van der Waals surface area contributed by atoms with Gasteiger partial charge in [0.2, 0.25) is 5.91 Å². The number of anilines is 1. The van der Waals surface area contributed by atoms with E-state index >= 15 is 0 Å². The molecule has 0 bridgehead atoms. The lowest BCUT2D eigenvalue weighted by molar-refractivity contribution is -0.133. The van der Waals surface area contributed by atoms with Crippen molar-refractivity contribution >= 4 is 11.7 Å². The molecule has 0 aromatic carbocycles. The second kappa shape index (κ2) is 7.05. The van der Waals surface area contributed by atoms with Crippen LogP contribution in [-0.4, -0.2) is 59.9 Å². The van der Waals surface area contributed by atoms with Crippen molar-refractivity contribution in [3.63, 3.8) is 0 Å². The largest absolute Gasteiger partial charge is 0.378 e. The van der Waals surface area contributed by atoms with E-state index in [0.717, 1.165) is 63.6 Å². The summed E-state index contributed by atoms with van der Waals surface area (Å²) in [5.41, 5.74) is 0.923. The first-order chi connectivity index (χ1) is 10.7. The smallest absolute Gasteiger partial charge is 0.225 e. The molecule has 1 aromatic rings. The Morgan fingerprint density at radius 3 is 2.86 bits per heavy atom. The minimum atomic E-state index is 0.134. The van der Waals surface area contributed by atoms with Gasteiger partial charge in [0.1, 0.15) is 0 Å². The summed E-state index contributed by atoms with van der Waals surface area (Å²) in [5.74, 6) is 1.13. The van der Waals surface area contributed by atoms with Gasteiger partial charge in [-0.1, -0.05) is 0 Å². The number of aryl methyl sites for hydroxylation is 1. The van der Waals surface area contributed by atoms with E-state index in [9.17, 15) is 4.79 Å². The van der Waals surface area contributed by atoms with Gasteiger partial charge < -0.3 is 14.5 Å². The van der Waals surface area contributed by atoms with E-state index in [2.05, 4.69) is 15.1 Å². The molecule has 1 amide bonds. The van der Waals surface area contributed by atoms with Crippen molar-refractivity contribution in [2.45, 2.75) is 38.7 Å². The van der Waals surface area contributed by atoms with Crippen LogP contribution in [0.5, 0.6) is 0 Å². The highest BCUT2D eigenvalue weighted by Crippen LogP contribution is 2.18. The van der Waals surface area contributed by atoms with Crippen molar-refractivity contribution in [2.75, 3.05) is 37.7 Å². The van der Waals surface area contributed by atoms with Gasteiger partial charge in [-0.05, 0) is 38.3 Å². The molecule has 1 atom stereocenters. The monoisotopic (exact) mass is 304 g/mol. The summed E-state index contributed by atoms with van der Waals surface area (Å²) in [5, 5.41) is 8.37. The topological polar surface area (TPSA) is 58.6 Å². The Bertz CT molecular complexity index is 499. The first-order valence-corrected chi connectivity index (χ1v) is 8.17. The summed E-state index contributed by atoms with van der Waals surface area (Å²) in [6.45, 7) is 6.04. The lowest BCUT2D eigenvalue weighted by Gasteiger charge is -2.23. The van der Waals surface area contributed by atoms with E-state index in [1.54, 1.807) is 0 Å². The number of aromatic nitrogens is 2. The standard InChI is InChI=1S/C16H24N4O2/c1-13-5-6-15(18-17-13)19-7-3-8-20(10-9-19)16(21)12-14-4-2-11-22-14/h5-6,14H,2-4,7-12H2,1H3/t14-/m1/s1. The van der Waals surface area contributed by atoms with Gasteiger partial charge in [0.15, 0.2) is 5.82 Å². The van der Waals surface area contributed by atoms with Crippen molar-refractivity contribution in [2.24, 2.45) is 0 Å². The molecule has 6 heteroatoms. The van der Waals surface area contributed by atoms with Gasteiger partial charge in [0.25, 0.3) is 0 Å². The molecule has 3 rings (SSSR count). The normalized spacial score (nSPS) is 22.7. The lowest BCUT2D eigenvalue weighted by Crippen LogP contribution is -2.37. The maximum Gasteiger partial charge on any atom is 0.225 e. The summed E-state index contributed by atoms with van der Waals surface area (Å²) >= 11 is 0. The molecule has 22 heavy (non-hydrogen) atoms. The third-order valence-corrected chi connectivity index (χ3v) is 4.38. The number of hydrogen-bond acceptors (Lipinski definition) is 5. The fourth-order valence-corrected chi connectivity index (χ4v) is 3.09.